The first-order chi connectivity index (χ1) is 9.08. The summed E-state index contributed by atoms with van der Waals surface area (Å²) in [4.78, 5) is 11.7. The lowest BCUT2D eigenvalue weighted by Gasteiger charge is -2.39. The number of carbonyl (C=O) groups is 1. The zero-order chi connectivity index (χ0) is 15.3. The zero-order valence-electron chi connectivity index (χ0n) is 13.0. The van der Waals surface area contributed by atoms with Crippen LogP contribution in [0.3, 0.4) is 0 Å². The van der Waals surface area contributed by atoms with Crippen LogP contribution in [0.25, 0.3) is 0 Å². The van der Waals surface area contributed by atoms with Gasteiger partial charge in [-0.15, -0.1) is 0 Å². The van der Waals surface area contributed by atoms with E-state index in [0.717, 1.165) is 10.9 Å². The SMILES string of the molecule is COC(=O)C1=C(Br)[C@H]2O[C@@H]1C[C@@H]2O[Si](C)(C)C(C)(C)C. The molecule has 3 atom stereocenters. The summed E-state index contributed by atoms with van der Waals surface area (Å²) >= 11 is 3.49. The van der Waals surface area contributed by atoms with Gasteiger partial charge in [0.15, 0.2) is 8.32 Å². The van der Waals surface area contributed by atoms with E-state index in [0.29, 0.717) is 5.57 Å². The van der Waals surface area contributed by atoms with Gasteiger partial charge in [0.1, 0.15) is 6.10 Å². The molecule has 1 saturated heterocycles. The highest BCUT2D eigenvalue weighted by Crippen LogP contribution is 2.47. The molecule has 1 fully saturated rings. The van der Waals surface area contributed by atoms with Gasteiger partial charge in [-0.3, -0.25) is 0 Å². The Morgan fingerprint density at radius 2 is 2.00 bits per heavy atom. The standard InChI is InChI=1S/C14H23BrO4Si/c1-14(2,3)20(5,6)19-9-7-8-10(13(16)17-4)11(15)12(9)18-8/h8-9,12H,7H2,1-6H3/t8-,9+,12+/m1/s1. The smallest absolute Gasteiger partial charge is 0.337 e. The Balaban J connectivity index is 2.15. The molecule has 0 amide bonds. The van der Waals surface area contributed by atoms with Crippen LogP contribution in [0.2, 0.25) is 18.1 Å². The normalized spacial score (nSPS) is 30.1. The van der Waals surface area contributed by atoms with E-state index in [-0.39, 0.29) is 29.3 Å². The van der Waals surface area contributed by atoms with Gasteiger partial charge in [0.25, 0.3) is 0 Å². The summed E-state index contributed by atoms with van der Waals surface area (Å²) in [5.41, 5.74) is 0.618. The summed E-state index contributed by atoms with van der Waals surface area (Å²) in [5.74, 6) is -0.310. The fourth-order valence-electron chi connectivity index (χ4n) is 2.37. The average Bonchev–Trinajstić information content (AvgIpc) is 2.83. The summed E-state index contributed by atoms with van der Waals surface area (Å²) in [6.07, 6.45) is 0.403. The molecule has 0 spiro atoms. The van der Waals surface area contributed by atoms with E-state index >= 15 is 0 Å². The minimum absolute atomic E-state index is 0.0312. The van der Waals surface area contributed by atoms with Crippen LogP contribution in [-0.4, -0.2) is 39.7 Å². The number of methoxy groups -OCH3 is 1. The summed E-state index contributed by atoms with van der Waals surface area (Å²) in [6.45, 7) is 11.1. The summed E-state index contributed by atoms with van der Waals surface area (Å²) in [5, 5.41) is 0.163. The van der Waals surface area contributed by atoms with E-state index in [1.54, 1.807) is 0 Å². The Kier molecular flexibility index (Phi) is 4.24. The van der Waals surface area contributed by atoms with Crippen molar-refractivity contribution in [1.29, 1.82) is 0 Å². The molecule has 20 heavy (non-hydrogen) atoms. The molecule has 2 bridgehead atoms. The monoisotopic (exact) mass is 362 g/mol. The number of rotatable bonds is 3. The molecule has 0 N–H and O–H groups in total. The quantitative estimate of drug-likeness (QED) is 0.570. The highest BCUT2D eigenvalue weighted by atomic mass is 79.9. The lowest BCUT2D eigenvalue weighted by atomic mass is 9.97. The largest absolute Gasteiger partial charge is 0.466 e. The van der Waals surface area contributed by atoms with Gasteiger partial charge in [-0.2, -0.15) is 0 Å². The molecule has 0 aliphatic carbocycles. The Morgan fingerprint density at radius 3 is 2.45 bits per heavy atom. The predicted octanol–water partition coefficient (Wildman–Crippen LogP) is 3.37. The number of carbonyl (C=O) groups excluding carboxylic acids is 1. The molecule has 0 saturated carbocycles. The van der Waals surface area contributed by atoms with Crippen molar-refractivity contribution >= 4 is 30.2 Å². The molecule has 0 aromatic carbocycles. The molecule has 0 radical (unpaired) electrons. The molecule has 0 unspecified atom stereocenters. The van der Waals surface area contributed by atoms with Gasteiger partial charge < -0.3 is 13.9 Å². The van der Waals surface area contributed by atoms with Gasteiger partial charge >= 0.3 is 5.97 Å². The van der Waals surface area contributed by atoms with Crippen molar-refractivity contribution in [3.05, 3.63) is 10.1 Å². The minimum atomic E-state index is -1.83. The first-order valence-corrected chi connectivity index (χ1v) is 10.6. The number of halogens is 1. The number of fused-ring (bicyclic) bond motifs is 2. The lowest BCUT2D eigenvalue weighted by Crippen LogP contribution is -2.46. The van der Waals surface area contributed by atoms with Gasteiger partial charge in [0.2, 0.25) is 0 Å². The Hall–Kier alpha value is -0.173. The first-order valence-electron chi connectivity index (χ1n) is 6.89. The first kappa shape index (κ1) is 16.2. The van der Waals surface area contributed by atoms with Crippen LogP contribution in [0.1, 0.15) is 27.2 Å². The number of ether oxygens (including phenoxy) is 2. The topological polar surface area (TPSA) is 44.8 Å². The van der Waals surface area contributed by atoms with Gasteiger partial charge in [0.05, 0.1) is 24.9 Å². The van der Waals surface area contributed by atoms with Crippen LogP contribution in [-0.2, 0) is 18.7 Å². The van der Waals surface area contributed by atoms with Crippen molar-refractivity contribution in [2.45, 2.75) is 63.6 Å². The summed E-state index contributed by atoms with van der Waals surface area (Å²) in [6, 6.07) is 0. The van der Waals surface area contributed by atoms with E-state index in [4.69, 9.17) is 13.9 Å². The van der Waals surface area contributed by atoms with E-state index in [9.17, 15) is 4.79 Å². The third kappa shape index (κ3) is 2.63. The maximum atomic E-state index is 11.7. The Labute approximate surface area is 130 Å². The molecule has 2 aliphatic rings. The highest BCUT2D eigenvalue weighted by molar-refractivity contribution is 9.11. The molecular weight excluding hydrogens is 340 g/mol. The van der Waals surface area contributed by atoms with E-state index in [1.165, 1.54) is 7.11 Å². The Bertz CT molecular complexity index is 453. The van der Waals surface area contributed by atoms with Crippen molar-refractivity contribution in [3.63, 3.8) is 0 Å². The molecule has 4 nitrogen and oxygen atoms in total. The third-order valence-electron chi connectivity index (χ3n) is 4.58. The summed E-state index contributed by atoms with van der Waals surface area (Å²) in [7, 11) is -0.440. The van der Waals surface area contributed by atoms with Crippen LogP contribution in [0.5, 0.6) is 0 Å². The maximum absolute atomic E-state index is 11.7. The molecule has 2 heterocycles. The van der Waals surface area contributed by atoms with Crippen LogP contribution >= 0.6 is 15.9 Å². The van der Waals surface area contributed by atoms with Crippen LogP contribution in [0, 0.1) is 0 Å². The van der Waals surface area contributed by atoms with E-state index < -0.39 is 8.32 Å². The van der Waals surface area contributed by atoms with E-state index in [2.05, 4.69) is 49.8 Å². The average molecular weight is 363 g/mol. The molecule has 2 aliphatic heterocycles. The second kappa shape index (κ2) is 5.23. The number of hydrogen-bond acceptors (Lipinski definition) is 4. The van der Waals surface area contributed by atoms with Crippen LogP contribution < -0.4 is 0 Å². The molecule has 2 rings (SSSR count). The predicted molar refractivity (Wildman–Crippen MR) is 83.3 cm³/mol. The zero-order valence-corrected chi connectivity index (χ0v) is 15.5. The second-order valence-electron chi connectivity index (χ2n) is 6.95. The van der Waals surface area contributed by atoms with E-state index in [1.807, 2.05) is 0 Å². The van der Waals surface area contributed by atoms with Gasteiger partial charge in [-0.1, -0.05) is 36.7 Å². The summed E-state index contributed by atoms with van der Waals surface area (Å²) < 4.78 is 17.9. The van der Waals surface area contributed by atoms with Crippen molar-refractivity contribution in [2.24, 2.45) is 0 Å². The minimum Gasteiger partial charge on any atom is -0.466 e. The van der Waals surface area contributed by atoms with Gasteiger partial charge in [-0.05, 0) is 18.1 Å². The number of hydrogen-bond donors (Lipinski definition) is 0. The molecule has 6 heteroatoms. The fraction of sp³-hybridized carbons (Fsp3) is 0.786. The Morgan fingerprint density at radius 1 is 1.40 bits per heavy atom. The maximum Gasteiger partial charge on any atom is 0.337 e. The van der Waals surface area contributed by atoms with Crippen molar-refractivity contribution in [1.82, 2.24) is 0 Å². The lowest BCUT2D eigenvalue weighted by molar-refractivity contribution is -0.137. The third-order valence-corrected chi connectivity index (χ3v) is 9.96. The van der Waals surface area contributed by atoms with Gasteiger partial charge in [-0.25, -0.2) is 4.79 Å². The molecular formula is C14H23BrO4Si. The van der Waals surface area contributed by atoms with Crippen molar-refractivity contribution in [2.75, 3.05) is 7.11 Å². The molecule has 114 valence electrons. The van der Waals surface area contributed by atoms with Crippen molar-refractivity contribution in [3.8, 4) is 0 Å². The fourth-order valence-corrected chi connectivity index (χ4v) is 4.52. The second-order valence-corrected chi connectivity index (χ2v) is 12.6. The van der Waals surface area contributed by atoms with Crippen LogP contribution in [0.15, 0.2) is 10.1 Å². The highest BCUT2D eigenvalue weighted by Gasteiger charge is 2.52. The van der Waals surface area contributed by atoms with Gasteiger partial charge in [0, 0.05) is 10.9 Å². The molecule has 0 aromatic heterocycles. The van der Waals surface area contributed by atoms with Crippen LogP contribution in [0.4, 0.5) is 0 Å². The molecule has 0 aromatic rings. The van der Waals surface area contributed by atoms with Crippen molar-refractivity contribution < 1.29 is 18.7 Å². The number of esters is 1.